The van der Waals surface area contributed by atoms with E-state index in [1.807, 2.05) is 43.3 Å². The van der Waals surface area contributed by atoms with E-state index >= 15 is 0 Å². The summed E-state index contributed by atoms with van der Waals surface area (Å²) in [5.74, 6) is 0.374. The summed E-state index contributed by atoms with van der Waals surface area (Å²) in [4.78, 5) is 30.3. The Morgan fingerprint density at radius 2 is 1.90 bits per heavy atom. The lowest BCUT2D eigenvalue weighted by Gasteiger charge is -2.23. The summed E-state index contributed by atoms with van der Waals surface area (Å²) in [5, 5.41) is 0. The number of nitrogens with zero attached hydrogens (tertiary/aromatic N) is 2. The molecule has 2 aromatic rings. The van der Waals surface area contributed by atoms with Crippen molar-refractivity contribution in [2.24, 2.45) is 10.7 Å². The van der Waals surface area contributed by atoms with Crippen LogP contribution in [0.25, 0.3) is 17.2 Å². The number of carbonyl (C=O) groups excluding carboxylic acids is 2. The molecular formula is C24H27N3O3. The van der Waals surface area contributed by atoms with E-state index in [0.717, 1.165) is 35.1 Å². The smallest absolute Gasteiger partial charge is 0.250 e. The molecule has 0 spiro atoms. The Bertz CT molecular complexity index is 978. The van der Waals surface area contributed by atoms with Crippen LogP contribution in [0.15, 0.2) is 53.0 Å². The van der Waals surface area contributed by atoms with Crippen molar-refractivity contribution >= 4 is 29.8 Å². The third-order valence-electron chi connectivity index (χ3n) is 5.00. The summed E-state index contributed by atoms with van der Waals surface area (Å²) in [7, 11) is 1.63. The second-order valence-corrected chi connectivity index (χ2v) is 7.25. The lowest BCUT2D eigenvalue weighted by Crippen LogP contribution is -2.36. The Labute approximate surface area is 177 Å². The molecule has 30 heavy (non-hydrogen) atoms. The third kappa shape index (κ3) is 5.02. The highest BCUT2D eigenvalue weighted by Gasteiger charge is 2.21. The second-order valence-electron chi connectivity index (χ2n) is 7.25. The number of methoxy groups -OCH3 is 1. The minimum Gasteiger partial charge on any atom is -0.387 e. The van der Waals surface area contributed by atoms with Crippen LogP contribution in [-0.4, -0.2) is 49.7 Å². The highest BCUT2D eigenvalue weighted by Crippen LogP contribution is 2.32. The maximum absolute atomic E-state index is 13.1. The zero-order valence-electron chi connectivity index (χ0n) is 17.4. The molecule has 1 aliphatic rings. The Morgan fingerprint density at radius 3 is 2.57 bits per heavy atom. The van der Waals surface area contributed by atoms with Crippen molar-refractivity contribution in [3.8, 4) is 11.1 Å². The van der Waals surface area contributed by atoms with Crippen molar-refractivity contribution in [3.63, 3.8) is 0 Å². The van der Waals surface area contributed by atoms with Gasteiger partial charge in [0.05, 0.1) is 12.3 Å². The Hall–Kier alpha value is -3.25. The normalized spacial score (nSPS) is 13.0. The van der Waals surface area contributed by atoms with Crippen LogP contribution in [0.1, 0.15) is 35.7 Å². The quantitative estimate of drug-likeness (QED) is 0.677. The van der Waals surface area contributed by atoms with Crippen LogP contribution < -0.4 is 5.73 Å². The van der Waals surface area contributed by atoms with E-state index in [-0.39, 0.29) is 5.91 Å². The van der Waals surface area contributed by atoms with Crippen LogP contribution in [0, 0.1) is 0 Å². The molecule has 2 aromatic carbocycles. The van der Waals surface area contributed by atoms with Gasteiger partial charge in [-0.15, -0.1) is 0 Å². The SMILES string of the molecule is CCCN(CCOC)C(=O)C1=Cc2ccc(-c3ccc(C=O)cc3)cc2N=C(N)C1. The number of hydrogen-bond donors (Lipinski definition) is 1. The number of ether oxygens (including phenoxy) is 1. The highest BCUT2D eigenvalue weighted by molar-refractivity contribution is 6.05. The van der Waals surface area contributed by atoms with E-state index in [0.29, 0.717) is 43.1 Å². The number of hydrogen-bond acceptors (Lipinski definition) is 5. The van der Waals surface area contributed by atoms with Gasteiger partial charge in [-0.05, 0) is 29.7 Å². The highest BCUT2D eigenvalue weighted by atomic mass is 16.5. The van der Waals surface area contributed by atoms with Gasteiger partial charge in [-0.1, -0.05) is 43.3 Å². The van der Waals surface area contributed by atoms with Crippen LogP contribution in [0.4, 0.5) is 5.69 Å². The summed E-state index contributed by atoms with van der Waals surface area (Å²) in [6, 6.07) is 13.3. The molecule has 0 aromatic heterocycles. The summed E-state index contributed by atoms with van der Waals surface area (Å²) in [5.41, 5.74) is 10.9. The first kappa shape index (κ1) is 21.5. The lowest BCUT2D eigenvalue weighted by molar-refractivity contribution is -0.127. The van der Waals surface area contributed by atoms with Crippen molar-refractivity contribution in [1.82, 2.24) is 4.90 Å². The summed E-state index contributed by atoms with van der Waals surface area (Å²) in [6.45, 7) is 3.74. The fourth-order valence-electron chi connectivity index (χ4n) is 3.45. The molecular weight excluding hydrogens is 378 g/mol. The van der Waals surface area contributed by atoms with Gasteiger partial charge in [0.1, 0.15) is 12.1 Å². The predicted octanol–water partition coefficient (Wildman–Crippen LogP) is 3.83. The summed E-state index contributed by atoms with van der Waals surface area (Å²) < 4.78 is 5.15. The number of amides is 1. The number of aldehydes is 1. The van der Waals surface area contributed by atoms with Gasteiger partial charge < -0.3 is 15.4 Å². The molecule has 0 radical (unpaired) electrons. The summed E-state index contributed by atoms with van der Waals surface area (Å²) >= 11 is 0. The molecule has 0 saturated heterocycles. The number of nitrogens with two attached hydrogens (primary N) is 1. The lowest BCUT2D eigenvalue weighted by atomic mass is 10.00. The first-order valence-electron chi connectivity index (χ1n) is 10.1. The number of rotatable bonds is 8. The standard InChI is InChI=1S/C24H27N3O3/c1-3-10-27(11-12-30-2)24(29)21-13-20-9-8-19(14-22(20)26-23(25)15-21)18-6-4-17(16-28)5-7-18/h4-9,13-14,16H,3,10-12,15H2,1-2H3,(H2,25,26). The molecule has 0 saturated carbocycles. The van der Waals surface area contributed by atoms with E-state index in [9.17, 15) is 9.59 Å². The average molecular weight is 405 g/mol. The van der Waals surface area contributed by atoms with Gasteiger partial charge in [-0.25, -0.2) is 4.99 Å². The minimum atomic E-state index is -0.0339. The third-order valence-corrected chi connectivity index (χ3v) is 5.00. The van der Waals surface area contributed by atoms with E-state index < -0.39 is 0 Å². The van der Waals surface area contributed by atoms with Crippen molar-refractivity contribution in [3.05, 3.63) is 59.2 Å². The Kier molecular flexibility index (Phi) is 7.14. The molecule has 1 amide bonds. The van der Waals surface area contributed by atoms with Crippen LogP contribution >= 0.6 is 0 Å². The van der Waals surface area contributed by atoms with Gasteiger partial charge in [0, 0.05) is 43.3 Å². The monoisotopic (exact) mass is 405 g/mol. The fraction of sp³-hybridized carbons (Fsp3) is 0.292. The first-order valence-corrected chi connectivity index (χ1v) is 10.1. The molecule has 0 fully saturated rings. The number of aliphatic imine (C=N–C) groups is 1. The maximum atomic E-state index is 13.1. The molecule has 156 valence electrons. The van der Waals surface area contributed by atoms with Crippen LogP contribution in [0.5, 0.6) is 0 Å². The van der Waals surface area contributed by atoms with Crippen molar-refractivity contribution in [2.75, 3.05) is 26.8 Å². The number of carbonyl (C=O) groups is 2. The fourth-order valence-corrected chi connectivity index (χ4v) is 3.45. The number of fused-ring (bicyclic) bond motifs is 1. The van der Waals surface area contributed by atoms with E-state index in [1.54, 1.807) is 24.1 Å². The molecule has 0 aliphatic carbocycles. The van der Waals surface area contributed by atoms with Gasteiger partial charge >= 0.3 is 0 Å². The molecule has 0 atom stereocenters. The van der Waals surface area contributed by atoms with Crippen molar-refractivity contribution in [2.45, 2.75) is 19.8 Å². The Morgan fingerprint density at radius 1 is 1.17 bits per heavy atom. The van der Waals surface area contributed by atoms with Crippen molar-refractivity contribution in [1.29, 1.82) is 0 Å². The second kappa shape index (κ2) is 9.98. The number of benzene rings is 2. The van der Waals surface area contributed by atoms with Crippen molar-refractivity contribution < 1.29 is 14.3 Å². The molecule has 1 heterocycles. The Balaban J connectivity index is 1.93. The van der Waals surface area contributed by atoms with Gasteiger partial charge in [-0.3, -0.25) is 9.59 Å². The molecule has 6 nitrogen and oxygen atoms in total. The van der Waals surface area contributed by atoms with Crippen LogP contribution in [0.3, 0.4) is 0 Å². The molecule has 1 aliphatic heterocycles. The molecule has 0 bridgehead atoms. The average Bonchev–Trinajstić information content (AvgIpc) is 2.93. The summed E-state index contributed by atoms with van der Waals surface area (Å²) in [6.07, 6.45) is 3.89. The minimum absolute atomic E-state index is 0.0339. The van der Waals surface area contributed by atoms with E-state index in [1.165, 1.54) is 0 Å². The molecule has 3 rings (SSSR count). The maximum Gasteiger partial charge on any atom is 0.250 e. The zero-order valence-corrected chi connectivity index (χ0v) is 17.4. The predicted molar refractivity (Wildman–Crippen MR) is 120 cm³/mol. The topological polar surface area (TPSA) is 85.0 Å². The van der Waals surface area contributed by atoms with Crippen LogP contribution in [0.2, 0.25) is 0 Å². The van der Waals surface area contributed by atoms with Gasteiger partial charge in [0.25, 0.3) is 0 Å². The first-order chi connectivity index (χ1) is 14.5. The van der Waals surface area contributed by atoms with Gasteiger partial charge in [0.15, 0.2) is 0 Å². The van der Waals surface area contributed by atoms with E-state index in [2.05, 4.69) is 4.99 Å². The van der Waals surface area contributed by atoms with Crippen LogP contribution in [-0.2, 0) is 9.53 Å². The zero-order chi connectivity index (χ0) is 21.5. The molecule has 2 N–H and O–H groups in total. The molecule has 0 unspecified atom stereocenters. The molecule has 6 heteroatoms. The van der Waals surface area contributed by atoms with Gasteiger partial charge in [-0.2, -0.15) is 0 Å². The van der Waals surface area contributed by atoms with E-state index in [4.69, 9.17) is 10.5 Å². The van der Waals surface area contributed by atoms with Gasteiger partial charge in [0.2, 0.25) is 5.91 Å². The number of amidine groups is 1. The largest absolute Gasteiger partial charge is 0.387 e.